The maximum atomic E-state index is 14.3. The molecule has 7 rings (SSSR count). The van der Waals surface area contributed by atoms with Crippen LogP contribution in [0.25, 0.3) is 0 Å². The Hall–Kier alpha value is -3.24. The van der Waals surface area contributed by atoms with Crippen molar-refractivity contribution in [1.82, 2.24) is 20.1 Å². The molecule has 2 aromatic carbocycles. The fraction of sp³-hybridized carbons (Fsp3) is 0.500. The van der Waals surface area contributed by atoms with Crippen LogP contribution in [0.15, 0.2) is 42.7 Å². The first-order chi connectivity index (χ1) is 19.1. The maximum absolute atomic E-state index is 14.3. The fourth-order valence-electron chi connectivity index (χ4n) is 7.46. The first-order valence-electron chi connectivity index (χ1n) is 13.9. The molecule has 7 nitrogen and oxygen atoms in total. The van der Waals surface area contributed by atoms with Gasteiger partial charge in [0.2, 0.25) is 0 Å². The monoisotopic (exact) mass is 551 g/mol. The Morgan fingerprint density at radius 2 is 2.00 bits per heavy atom. The number of amides is 1. The van der Waals surface area contributed by atoms with Gasteiger partial charge in [0.05, 0.1) is 23.6 Å². The van der Waals surface area contributed by atoms with E-state index in [2.05, 4.69) is 15.5 Å². The van der Waals surface area contributed by atoms with E-state index in [-0.39, 0.29) is 29.3 Å². The molecule has 3 saturated carbocycles. The van der Waals surface area contributed by atoms with Crippen molar-refractivity contribution >= 4 is 11.6 Å². The van der Waals surface area contributed by atoms with E-state index in [0.717, 1.165) is 30.7 Å². The number of hydrogen-bond acceptors (Lipinski definition) is 5. The summed E-state index contributed by atoms with van der Waals surface area (Å²) in [5.41, 5.74) is 1.10. The quantitative estimate of drug-likeness (QED) is 0.441. The number of rotatable bonds is 7. The van der Waals surface area contributed by atoms with Crippen molar-refractivity contribution in [1.29, 1.82) is 0 Å². The summed E-state index contributed by atoms with van der Waals surface area (Å²) < 4.78 is 50.3. The van der Waals surface area contributed by atoms with E-state index >= 15 is 0 Å². The van der Waals surface area contributed by atoms with Gasteiger partial charge in [-0.05, 0) is 79.0 Å². The average Bonchev–Trinajstić information content (AvgIpc) is 3.19. The summed E-state index contributed by atoms with van der Waals surface area (Å²) in [6.07, 6.45) is 3.06. The Labute approximate surface area is 230 Å². The molecule has 10 heteroatoms. The third-order valence-corrected chi connectivity index (χ3v) is 9.79. The van der Waals surface area contributed by atoms with E-state index in [0.29, 0.717) is 36.6 Å². The van der Waals surface area contributed by atoms with Crippen LogP contribution in [0.2, 0.25) is 0 Å². The van der Waals surface area contributed by atoms with Crippen LogP contribution in [0, 0.1) is 5.92 Å². The maximum Gasteiger partial charge on any atom is 0.416 e. The van der Waals surface area contributed by atoms with Gasteiger partial charge in [0, 0.05) is 37.5 Å². The lowest BCUT2D eigenvalue weighted by molar-refractivity contribution is -0.138. The van der Waals surface area contributed by atoms with Gasteiger partial charge in [0.25, 0.3) is 5.91 Å². The number of aromatic nitrogens is 3. The molecule has 0 saturated heterocycles. The van der Waals surface area contributed by atoms with Gasteiger partial charge in [-0.25, -0.2) is 0 Å². The number of anilines is 1. The highest BCUT2D eigenvalue weighted by atomic mass is 19.4. The van der Waals surface area contributed by atoms with Gasteiger partial charge in [-0.2, -0.15) is 13.2 Å². The summed E-state index contributed by atoms with van der Waals surface area (Å²) in [6.45, 7) is 0.209. The molecule has 1 aromatic heterocycles. The highest BCUT2D eigenvalue weighted by Crippen LogP contribution is 2.56. The second-order valence-corrected chi connectivity index (χ2v) is 12.0. The predicted octanol–water partition coefficient (Wildman–Crippen LogP) is 5.12. The van der Waals surface area contributed by atoms with Gasteiger partial charge in [-0.15, -0.1) is 10.2 Å². The summed E-state index contributed by atoms with van der Waals surface area (Å²) in [7, 11) is 3.57. The van der Waals surface area contributed by atoms with Crippen molar-refractivity contribution in [2.24, 2.45) is 13.0 Å². The Morgan fingerprint density at radius 3 is 2.65 bits per heavy atom. The molecule has 0 spiro atoms. The number of carbonyl (C=O) groups is 1. The second-order valence-electron chi connectivity index (χ2n) is 12.0. The van der Waals surface area contributed by atoms with E-state index < -0.39 is 23.1 Å². The molecular formula is C30H32F3N5O2. The Balaban J connectivity index is 1.21. The van der Waals surface area contributed by atoms with Crippen LogP contribution in [-0.4, -0.2) is 39.4 Å². The number of fused-ring (bicyclic) bond motifs is 2. The molecule has 4 aliphatic rings. The molecule has 0 bridgehead atoms. The van der Waals surface area contributed by atoms with Crippen LogP contribution in [0.5, 0.6) is 0 Å². The number of aryl methyl sites for hydroxylation is 1. The van der Waals surface area contributed by atoms with E-state index in [1.165, 1.54) is 17.4 Å². The fourth-order valence-corrected chi connectivity index (χ4v) is 7.46. The number of nitrogens with one attached hydrogen (secondary N) is 1. The Kier molecular flexibility index (Phi) is 5.71. The molecule has 0 radical (unpaired) electrons. The van der Waals surface area contributed by atoms with E-state index in [1.54, 1.807) is 25.6 Å². The van der Waals surface area contributed by atoms with Crippen molar-refractivity contribution in [3.05, 3.63) is 76.4 Å². The molecule has 1 N–H and O–H groups in total. The number of nitrogens with zero attached hydrogens (tertiary/aromatic N) is 4. The van der Waals surface area contributed by atoms with Gasteiger partial charge in [-0.1, -0.05) is 18.6 Å². The van der Waals surface area contributed by atoms with Gasteiger partial charge in [0.15, 0.2) is 0 Å². The Morgan fingerprint density at radius 1 is 1.18 bits per heavy atom. The first-order valence-corrected chi connectivity index (χ1v) is 13.9. The number of hydrogen-bond donors (Lipinski definition) is 1. The standard InChI is InChI=1S/C30H32F3N5O2/c1-37-17-35-36-27(37)28(13-22(14-28)40-2)19-5-3-7-21(11-19)38-16-24-23(26(38)39)9-18(10-25(24)30(31,32)33)15-34-29-8-4-6-20(29)12-29/h3,5,7,9-11,17,20,22,34H,4,6,8,12-16H2,1-2H3/t20-,22?,28?,29-/m1/s1. The highest BCUT2D eigenvalue weighted by molar-refractivity contribution is 6.10. The van der Waals surface area contributed by atoms with Gasteiger partial charge < -0.3 is 19.5 Å². The zero-order chi connectivity index (χ0) is 27.9. The van der Waals surface area contributed by atoms with Crippen LogP contribution in [0.4, 0.5) is 18.9 Å². The lowest BCUT2D eigenvalue weighted by Crippen LogP contribution is -2.48. The molecular weight excluding hydrogens is 519 g/mol. The molecule has 0 unspecified atom stereocenters. The minimum atomic E-state index is -4.55. The molecule has 3 aromatic rings. The summed E-state index contributed by atoms with van der Waals surface area (Å²) in [5.74, 6) is 1.03. The van der Waals surface area contributed by atoms with Crippen molar-refractivity contribution in [2.75, 3.05) is 12.0 Å². The lowest BCUT2D eigenvalue weighted by atomic mass is 9.62. The number of methoxy groups -OCH3 is 1. The summed E-state index contributed by atoms with van der Waals surface area (Å²) in [5, 5.41) is 12.0. The van der Waals surface area contributed by atoms with Crippen molar-refractivity contribution in [3.8, 4) is 0 Å². The van der Waals surface area contributed by atoms with Crippen LogP contribution in [0.1, 0.15) is 77.0 Å². The number of halogens is 3. The van der Waals surface area contributed by atoms with Gasteiger partial charge in [-0.3, -0.25) is 4.79 Å². The molecule has 2 heterocycles. The number of ether oxygens (including phenoxy) is 1. The highest BCUT2D eigenvalue weighted by Gasteiger charge is 2.56. The SMILES string of the molecule is COC1CC(c2cccc(N3Cc4c(cc(CN[C@@]56CCC[C@@H]5C6)cc4C(F)(F)F)C3=O)c2)(c2nncn2C)C1. The molecule has 40 heavy (non-hydrogen) atoms. The summed E-state index contributed by atoms with van der Waals surface area (Å²) in [6, 6.07) is 10.4. The van der Waals surface area contributed by atoms with Crippen molar-refractivity contribution in [2.45, 2.75) is 74.8 Å². The lowest BCUT2D eigenvalue weighted by Gasteiger charge is -2.46. The third kappa shape index (κ3) is 3.90. The topological polar surface area (TPSA) is 72.3 Å². The van der Waals surface area contributed by atoms with E-state index in [1.807, 2.05) is 29.8 Å². The minimum absolute atomic E-state index is 0.0427. The zero-order valence-corrected chi connectivity index (χ0v) is 22.6. The zero-order valence-electron chi connectivity index (χ0n) is 22.6. The molecule has 3 aliphatic carbocycles. The van der Waals surface area contributed by atoms with Crippen molar-refractivity contribution in [3.63, 3.8) is 0 Å². The number of benzene rings is 2. The van der Waals surface area contributed by atoms with Crippen LogP contribution in [0.3, 0.4) is 0 Å². The van der Waals surface area contributed by atoms with Crippen LogP contribution < -0.4 is 10.2 Å². The second kappa shape index (κ2) is 8.88. The smallest absolute Gasteiger partial charge is 0.381 e. The molecule has 210 valence electrons. The van der Waals surface area contributed by atoms with Crippen LogP contribution in [-0.2, 0) is 36.5 Å². The minimum Gasteiger partial charge on any atom is -0.381 e. The van der Waals surface area contributed by atoms with Gasteiger partial charge >= 0.3 is 6.18 Å². The molecule has 1 amide bonds. The average molecular weight is 552 g/mol. The number of alkyl halides is 3. The largest absolute Gasteiger partial charge is 0.416 e. The Bertz CT molecular complexity index is 1490. The number of carbonyl (C=O) groups excluding carboxylic acids is 1. The molecule has 3 fully saturated rings. The summed E-state index contributed by atoms with van der Waals surface area (Å²) in [4.78, 5) is 15.1. The van der Waals surface area contributed by atoms with Crippen LogP contribution >= 0.6 is 0 Å². The van der Waals surface area contributed by atoms with E-state index in [4.69, 9.17) is 4.74 Å². The van der Waals surface area contributed by atoms with Crippen molar-refractivity contribution < 1.29 is 22.7 Å². The van der Waals surface area contributed by atoms with Gasteiger partial charge in [0.1, 0.15) is 12.2 Å². The summed E-state index contributed by atoms with van der Waals surface area (Å²) >= 11 is 0. The predicted molar refractivity (Wildman–Crippen MR) is 142 cm³/mol. The first kappa shape index (κ1) is 25.7. The van der Waals surface area contributed by atoms with E-state index in [9.17, 15) is 18.0 Å². The molecule has 1 aliphatic heterocycles. The normalized spacial score (nSPS) is 28.9. The third-order valence-electron chi connectivity index (χ3n) is 9.79. The molecule has 2 atom stereocenters.